The number of hydrogen-bond acceptors (Lipinski definition) is 4. The number of nitriles is 1. The van der Waals surface area contributed by atoms with E-state index in [-0.39, 0.29) is 5.82 Å². The van der Waals surface area contributed by atoms with Gasteiger partial charge in [0.05, 0.1) is 17.3 Å². The molecule has 0 radical (unpaired) electrons. The Morgan fingerprint density at radius 2 is 1.76 bits per heavy atom. The lowest BCUT2D eigenvalue weighted by Crippen LogP contribution is -2.11. The third-order valence-electron chi connectivity index (χ3n) is 4.82. The van der Waals surface area contributed by atoms with Crippen LogP contribution in [0.3, 0.4) is 0 Å². The molecule has 0 unspecified atom stereocenters. The Kier molecular flexibility index (Phi) is 4.80. The summed E-state index contributed by atoms with van der Waals surface area (Å²) < 4.78 is 13.1. The topological polar surface area (TPSA) is 68.6 Å². The summed E-state index contributed by atoms with van der Waals surface area (Å²) in [5.41, 5.74) is 5.39. The van der Waals surface area contributed by atoms with Gasteiger partial charge in [0.2, 0.25) is 0 Å². The second-order valence-corrected chi connectivity index (χ2v) is 6.75. The maximum absolute atomic E-state index is 13.1. The Hall–Kier alpha value is -3.98. The smallest absolute Gasteiger partial charge is 0.156 e. The minimum atomic E-state index is -0.273. The average molecular weight is 383 g/mol. The van der Waals surface area contributed by atoms with Crippen LogP contribution in [0.1, 0.15) is 11.1 Å². The van der Waals surface area contributed by atoms with Crippen LogP contribution in [0.25, 0.3) is 22.4 Å². The summed E-state index contributed by atoms with van der Waals surface area (Å²) in [6.07, 6.45) is 1.76. The quantitative estimate of drug-likeness (QED) is 0.524. The normalized spacial score (nSPS) is 10.6. The molecular weight excluding hydrogens is 365 g/mol. The van der Waals surface area contributed by atoms with Gasteiger partial charge < -0.3 is 4.90 Å². The number of aromatic nitrogens is 3. The van der Waals surface area contributed by atoms with E-state index in [0.29, 0.717) is 11.4 Å². The van der Waals surface area contributed by atoms with Crippen molar-refractivity contribution in [2.75, 3.05) is 11.9 Å². The number of aryl methyl sites for hydroxylation is 1. The van der Waals surface area contributed by atoms with Gasteiger partial charge in [-0.05, 0) is 77.7 Å². The van der Waals surface area contributed by atoms with Crippen molar-refractivity contribution in [2.24, 2.45) is 0 Å². The molecule has 4 rings (SSSR count). The van der Waals surface area contributed by atoms with E-state index < -0.39 is 0 Å². The fraction of sp³-hybridized carbons (Fsp3) is 0.0870. The van der Waals surface area contributed by atoms with Crippen LogP contribution in [0.4, 0.5) is 16.0 Å². The molecular formula is C23H18FN5. The molecule has 2 aromatic heterocycles. The lowest BCUT2D eigenvalue weighted by molar-refractivity contribution is 0.628. The highest BCUT2D eigenvalue weighted by Crippen LogP contribution is 2.29. The van der Waals surface area contributed by atoms with Crippen molar-refractivity contribution in [3.63, 3.8) is 0 Å². The van der Waals surface area contributed by atoms with Gasteiger partial charge in [-0.1, -0.05) is 6.07 Å². The van der Waals surface area contributed by atoms with Crippen LogP contribution in [-0.4, -0.2) is 22.2 Å². The molecule has 29 heavy (non-hydrogen) atoms. The first-order valence-electron chi connectivity index (χ1n) is 9.07. The average Bonchev–Trinajstić information content (AvgIpc) is 3.24. The van der Waals surface area contributed by atoms with Crippen molar-refractivity contribution < 1.29 is 4.39 Å². The molecule has 0 spiro atoms. The van der Waals surface area contributed by atoms with Gasteiger partial charge in [0.25, 0.3) is 0 Å². The third kappa shape index (κ3) is 3.71. The first-order chi connectivity index (χ1) is 14.0. The second-order valence-electron chi connectivity index (χ2n) is 6.75. The molecule has 2 aromatic carbocycles. The van der Waals surface area contributed by atoms with Crippen LogP contribution in [0.2, 0.25) is 0 Å². The number of benzene rings is 2. The Balaban J connectivity index is 1.63. The Bertz CT molecular complexity index is 1200. The van der Waals surface area contributed by atoms with Gasteiger partial charge in [0.1, 0.15) is 11.6 Å². The number of pyridine rings is 1. The summed E-state index contributed by atoms with van der Waals surface area (Å²) in [5, 5.41) is 16.4. The zero-order valence-electron chi connectivity index (χ0n) is 16.0. The number of anilines is 2. The van der Waals surface area contributed by atoms with Crippen LogP contribution in [0.15, 0.2) is 66.9 Å². The van der Waals surface area contributed by atoms with E-state index in [4.69, 9.17) is 5.26 Å². The fourth-order valence-corrected chi connectivity index (χ4v) is 3.20. The highest BCUT2D eigenvalue weighted by Gasteiger charge is 2.12. The molecule has 0 aliphatic heterocycles. The van der Waals surface area contributed by atoms with Gasteiger partial charge in [-0.25, -0.2) is 9.37 Å². The van der Waals surface area contributed by atoms with Gasteiger partial charge in [-0.15, -0.1) is 0 Å². The molecule has 2 heterocycles. The van der Waals surface area contributed by atoms with E-state index in [2.05, 4.69) is 21.3 Å². The highest BCUT2D eigenvalue weighted by atomic mass is 19.1. The predicted molar refractivity (Wildman–Crippen MR) is 111 cm³/mol. The monoisotopic (exact) mass is 383 g/mol. The minimum Gasteiger partial charge on any atom is -0.313 e. The number of halogens is 1. The van der Waals surface area contributed by atoms with Crippen molar-refractivity contribution in [3.8, 4) is 28.5 Å². The largest absolute Gasteiger partial charge is 0.313 e. The van der Waals surface area contributed by atoms with E-state index in [1.54, 1.807) is 18.3 Å². The molecule has 0 saturated heterocycles. The molecule has 0 atom stereocenters. The van der Waals surface area contributed by atoms with Crippen molar-refractivity contribution in [1.82, 2.24) is 15.2 Å². The Morgan fingerprint density at radius 3 is 2.48 bits per heavy atom. The molecule has 0 aliphatic rings. The highest BCUT2D eigenvalue weighted by molar-refractivity contribution is 5.73. The summed E-state index contributed by atoms with van der Waals surface area (Å²) >= 11 is 0. The number of aromatic amines is 1. The van der Waals surface area contributed by atoms with Gasteiger partial charge >= 0.3 is 0 Å². The lowest BCUT2D eigenvalue weighted by Gasteiger charge is -2.16. The first-order valence-corrected chi connectivity index (χ1v) is 9.07. The van der Waals surface area contributed by atoms with Crippen molar-refractivity contribution in [2.45, 2.75) is 6.92 Å². The minimum absolute atomic E-state index is 0.273. The standard InChI is InChI=1S/C23H18FN5/c1-15-11-16(14-25)3-8-20(15)18-9-10-26-22(12-18)29(2)23-13-21(27-28-23)17-4-6-19(24)7-5-17/h3-13H,1-2H3,(H,27,28). The third-order valence-corrected chi connectivity index (χ3v) is 4.82. The van der Waals surface area contributed by atoms with E-state index in [9.17, 15) is 4.39 Å². The van der Waals surface area contributed by atoms with Gasteiger partial charge in [0.15, 0.2) is 5.82 Å². The number of rotatable bonds is 4. The van der Waals surface area contributed by atoms with Crippen LogP contribution in [0.5, 0.6) is 0 Å². The van der Waals surface area contributed by atoms with Crippen LogP contribution < -0.4 is 4.90 Å². The number of nitrogens with zero attached hydrogens (tertiary/aromatic N) is 4. The van der Waals surface area contributed by atoms with Crippen molar-refractivity contribution >= 4 is 11.6 Å². The summed E-state index contributed by atoms with van der Waals surface area (Å²) in [5.74, 6) is 1.17. The van der Waals surface area contributed by atoms with Crippen LogP contribution in [-0.2, 0) is 0 Å². The molecule has 1 N–H and O–H groups in total. The predicted octanol–water partition coefficient (Wildman–Crippen LogP) is 5.23. The summed E-state index contributed by atoms with van der Waals surface area (Å²) in [6.45, 7) is 1.99. The molecule has 5 nitrogen and oxygen atoms in total. The first kappa shape index (κ1) is 18.4. The van der Waals surface area contributed by atoms with E-state index >= 15 is 0 Å². The summed E-state index contributed by atoms with van der Waals surface area (Å²) in [7, 11) is 1.89. The Morgan fingerprint density at radius 1 is 0.966 bits per heavy atom. The maximum atomic E-state index is 13.1. The van der Waals surface area contributed by atoms with Crippen LogP contribution in [0, 0.1) is 24.1 Å². The number of H-pyrrole nitrogens is 1. The van der Waals surface area contributed by atoms with Gasteiger partial charge in [0, 0.05) is 19.3 Å². The molecule has 0 bridgehead atoms. The SMILES string of the molecule is Cc1cc(C#N)ccc1-c1ccnc(N(C)c2cc(-c3ccc(F)cc3)[nH]n2)c1. The fourth-order valence-electron chi connectivity index (χ4n) is 3.20. The molecule has 0 saturated carbocycles. The molecule has 142 valence electrons. The zero-order valence-corrected chi connectivity index (χ0v) is 16.0. The van der Waals surface area contributed by atoms with Crippen molar-refractivity contribution in [1.29, 1.82) is 5.26 Å². The van der Waals surface area contributed by atoms with Gasteiger partial charge in [-0.2, -0.15) is 10.4 Å². The van der Waals surface area contributed by atoms with E-state index in [0.717, 1.165) is 33.8 Å². The molecule has 0 fully saturated rings. The van der Waals surface area contributed by atoms with Gasteiger partial charge in [-0.3, -0.25) is 5.10 Å². The van der Waals surface area contributed by atoms with Crippen LogP contribution >= 0.6 is 0 Å². The maximum Gasteiger partial charge on any atom is 0.156 e. The Labute approximate surface area is 168 Å². The molecule has 6 heteroatoms. The second kappa shape index (κ2) is 7.56. The van der Waals surface area contributed by atoms with E-state index in [1.807, 2.05) is 55.3 Å². The molecule has 0 aliphatic carbocycles. The molecule has 0 amide bonds. The summed E-state index contributed by atoms with van der Waals surface area (Å²) in [6, 6.07) is 19.9. The summed E-state index contributed by atoms with van der Waals surface area (Å²) in [4.78, 5) is 6.35. The molecule has 4 aromatic rings. The lowest BCUT2D eigenvalue weighted by atomic mass is 9.99. The van der Waals surface area contributed by atoms with E-state index in [1.165, 1.54) is 12.1 Å². The zero-order chi connectivity index (χ0) is 20.4. The number of nitrogens with one attached hydrogen (secondary N) is 1. The number of hydrogen-bond donors (Lipinski definition) is 1. The van der Waals surface area contributed by atoms with Crippen molar-refractivity contribution in [3.05, 3.63) is 83.8 Å².